The fourth-order valence-corrected chi connectivity index (χ4v) is 1.61. The Balaban J connectivity index is 0.000000322. The maximum Gasteiger partial charge on any atom is 0.121 e. The highest BCUT2D eigenvalue weighted by atomic mass is 16.3. The molecule has 0 atom stereocenters. The van der Waals surface area contributed by atoms with Crippen LogP contribution in [-0.4, -0.2) is 10.2 Å². The zero-order valence-electron chi connectivity index (χ0n) is 13.6. The van der Waals surface area contributed by atoms with Crippen LogP contribution in [0.5, 0.6) is 11.5 Å². The van der Waals surface area contributed by atoms with Crippen molar-refractivity contribution >= 4 is 0 Å². The van der Waals surface area contributed by atoms with Gasteiger partial charge in [-0.3, -0.25) is 0 Å². The molecule has 114 valence electrons. The molecule has 2 aromatic rings. The van der Waals surface area contributed by atoms with Crippen LogP contribution in [0, 0.1) is 27.7 Å². The van der Waals surface area contributed by atoms with Gasteiger partial charge in [-0.1, -0.05) is 42.5 Å². The summed E-state index contributed by atoms with van der Waals surface area (Å²) in [5, 5.41) is 18.4. The number of phenolic OH excluding ortho intramolecular Hbond substituents is 2. The van der Waals surface area contributed by atoms with Gasteiger partial charge in [-0.2, -0.15) is 0 Å². The van der Waals surface area contributed by atoms with E-state index in [1.807, 2.05) is 71.0 Å². The second-order valence-corrected chi connectivity index (χ2v) is 4.89. The Morgan fingerprint density at radius 3 is 1.05 bits per heavy atom. The van der Waals surface area contributed by atoms with Gasteiger partial charge in [0, 0.05) is 0 Å². The first-order valence-corrected chi connectivity index (χ1v) is 6.92. The van der Waals surface area contributed by atoms with Gasteiger partial charge in [0.05, 0.1) is 0 Å². The highest BCUT2D eigenvalue weighted by molar-refractivity contribution is 5.38. The number of benzene rings is 2. The van der Waals surface area contributed by atoms with Crippen molar-refractivity contribution in [2.75, 3.05) is 0 Å². The number of hydrogen-bond donors (Lipinski definition) is 2. The highest BCUT2D eigenvalue weighted by Gasteiger charge is 1.95. The smallest absolute Gasteiger partial charge is 0.121 e. The average molecular weight is 286 g/mol. The molecule has 2 heteroatoms. The van der Waals surface area contributed by atoms with Gasteiger partial charge >= 0.3 is 0 Å². The van der Waals surface area contributed by atoms with Crippen LogP contribution in [0.3, 0.4) is 0 Å². The van der Waals surface area contributed by atoms with Crippen LogP contribution in [0.15, 0.2) is 49.1 Å². The molecule has 2 N–H and O–H groups in total. The molecule has 0 bridgehead atoms. The highest BCUT2D eigenvalue weighted by Crippen LogP contribution is 2.19. The number of rotatable bonds is 0. The minimum absolute atomic E-state index is 0.414. The van der Waals surface area contributed by atoms with Crippen LogP contribution in [0.25, 0.3) is 0 Å². The third kappa shape index (κ3) is 6.66. The molecule has 0 saturated carbocycles. The third-order valence-electron chi connectivity index (χ3n) is 2.88. The van der Waals surface area contributed by atoms with E-state index in [0.29, 0.717) is 11.5 Å². The number of aromatic hydroxyl groups is 2. The second kappa shape index (κ2) is 9.65. The second-order valence-electron chi connectivity index (χ2n) is 4.89. The number of allylic oxidation sites excluding steroid dienone is 1. The van der Waals surface area contributed by atoms with Gasteiger partial charge in [0.1, 0.15) is 11.5 Å². The van der Waals surface area contributed by atoms with Crippen LogP contribution < -0.4 is 0 Å². The van der Waals surface area contributed by atoms with Gasteiger partial charge in [-0.25, -0.2) is 0 Å². The van der Waals surface area contributed by atoms with Gasteiger partial charge in [0.15, 0.2) is 0 Å². The van der Waals surface area contributed by atoms with Crippen molar-refractivity contribution in [3.63, 3.8) is 0 Å². The minimum Gasteiger partial charge on any atom is -0.507 e. The maximum absolute atomic E-state index is 9.21. The fraction of sp³-hybridized carbons (Fsp3) is 0.263. The van der Waals surface area contributed by atoms with E-state index in [1.54, 1.807) is 6.08 Å². The van der Waals surface area contributed by atoms with E-state index in [1.165, 1.54) is 0 Å². The van der Waals surface area contributed by atoms with E-state index in [4.69, 9.17) is 0 Å². The summed E-state index contributed by atoms with van der Waals surface area (Å²) in [6.45, 7) is 12.8. The predicted octanol–water partition coefficient (Wildman–Crippen LogP) is 5.21. The van der Waals surface area contributed by atoms with Crippen molar-refractivity contribution in [1.29, 1.82) is 0 Å². The summed E-state index contributed by atoms with van der Waals surface area (Å²) in [7, 11) is 0. The monoisotopic (exact) mass is 286 g/mol. The molecule has 0 aliphatic rings. The molecule has 21 heavy (non-hydrogen) atoms. The standard InChI is InChI=1S/2C8H10O.C3H6/c2*1-6-4-3-5-7(2)8(6)9;1-3-2/h2*3-5,9H,1-2H3;3H,1H2,2H3. The number of para-hydroxylation sites is 2. The summed E-state index contributed by atoms with van der Waals surface area (Å²) < 4.78 is 0. The van der Waals surface area contributed by atoms with E-state index in [0.717, 1.165) is 22.3 Å². The van der Waals surface area contributed by atoms with Crippen molar-refractivity contribution in [3.8, 4) is 11.5 Å². The molecule has 0 saturated heterocycles. The van der Waals surface area contributed by atoms with Gasteiger partial charge in [-0.15, -0.1) is 6.58 Å². The van der Waals surface area contributed by atoms with Gasteiger partial charge in [-0.05, 0) is 56.9 Å². The molecule has 0 spiro atoms. The fourth-order valence-electron chi connectivity index (χ4n) is 1.61. The largest absolute Gasteiger partial charge is 0.507 e. The van der Waals surface area contributed by atoms with Crippen molar-refractivity contribution < 1.29 is 10.2 Å². The Morgan fingerprint density at radius 2 is 0.905 bits per heavy atom. The van der Waals surface area contributed by atoms with Crippen LogP contribution in [0.1, 0.15) is 29.2 Å². The Kier molecular flexibility index (Phi) is 8.63. The van der Waals surface area contributed by atoms with Crippen molar-refractivity contribution in [1.82, 2.24) is 0 Å². The van der Waals surface area contributed by atoms with Gasteiger partial charge < -0.3 is 10.2 Å². The predicted molar refractivity (Wildman–Crippen MR) is 91.0 cm³/mol. The zero-order chi connectivity index (χ0) is 16.4. The molecule has 0 aliphatic carbocycles. The third-order valence-corrected chi connectivity index (χ3v) is 2.88. The summed E-state index contributed by atoms with van der Waals surface area (Å²) in [4.78, 5) is 0. The van der Waals surface area contributed by atoms with Crippen molar-refractivity contribution in [3.05, 3.63) is 71.3 Å². The molecule has 2 rings (SSSR count). The average Bonchev–Trinajstić information content (AvgIpc) is 2.44. The van der Waals surface area contributed by atoms with Crippen molar-refractivity contribution in [2.24, 2.45) is 0 Å². The molecular formula is C19H26O2. The lowest BCUT2D eigenvalue weighted by atomic mass is 10.1. The van der Waals surface area contributed by atoms with Crippen molar-refractivity contribution in [2.45, 2.75) is 34.6 Å². The maximum atomic E-state index is 9.21. The van der Waals surface area contributed by atoms with E-state index >= 15 is 0 Å². The lowest BCUT2D eigenvalue weighted by Crippen LogP contribution is -1.76. The SMILES string of the molecule is C=CC.Cc1cccc(C)c1O.Cc1cccc(C)c1O. The lowest BCUT2D eigenvalue weighted by molar-refractivity contribution is 0.466. The van der Waals surface area contributed by atoms with Gasteiger partial charge in [0.25, 0.3) is 0 Å². The quantitative estimate of drug-likeness (QED) is 0.653. The lowest BCUT2D eigenvalue weighted by Gasteiger charge is -1.99. The summed E-state index contributed by atoms with van der Waals surface area (Å²) >= 11 is 0. The van der Waals surface area contributed by atoms with Crippen LogP contribution in [-0.2, 0) is 0 Å². The molecule has 2 nitrogen and oxygen atoms in total. The van der Waals surface area contributed by atoms with E-state index < -0.39 is 0 Å². The molecule has 0 unspecified atom stereocenters. The Hall–Kier alpha value is -2.22. The first-order chi connectivity index (χ1) is 9.84. The normalized spacial score (nSPS) is 8.81. The Bertz CT molecular complexity index is 482. The topological polar surface area (TPSA) is 40.5 Å². The number of hydrogen-bond acceptors (Lipinski definition) is 2. The molecule has 0 fully saturated rings. The molecule has 0 amide bonds. The van der Waals surface area contributed by atoms with E-state index in [9.17, 15) is 10.2 Å². The van der Waals surface area contributed by atoms with Crippen LogP contribution in [0.2, 0.25) is 0 Å². The van der Waals surface area contributed by atoms with Crippen LogP contribution in [0.4, 0.5) is 0 Å². The zero-order valence-corrected chi connectivity index (χ0v) is 13.6. The van der Waals surface area contributed by atoms with Gasteiger partial charge in [0.2, 0.25) is 0 Å². The summed E-state index contributed by atoms with van der Waals surface area (Å²) in [5.41, 5.74) is 3.76. The van der Waals surface area contributed by atoms with E-state index in [-0.39, 0.29) is 0 Å². The number of phenols is 2. The first kappa shape index (κ1) is 18.8. The summed E-state index contributed by atoms with van der Waals surface area (Å²) in [6.07, 6.45) is 1.75. The molecule has 0 aromatic heterocycles. The molecular weight excluding hydrogens is 260 g/mol. The Morgan fingerprint density at radius 1 is 0.714 bits per heavy atom. The molecule has 0 radical (unpaired) electrons. The molecule has 0 heterocycles. The summed E-state index contributed by atoms with van der Waals surface area (Å²) in [5.74, 6) is 0.829. The van der Waals surface area contributed by atoms with E-state index in [2.05, 4.69) is 6.58 Å². The first-order valence-electron chi connectivity index (χ1n) is 6.92. The minimum atomic E-state index is 0.414. The Labute approximate surface area is 128 Å². The molecule has 0 aliphatic heterocycles. The summed E-state index contributed by atoms with van der Waals surface area (Å²) in [6, 6.07) is 11.4. The number of aryl methyl sites for hydroxylation is 4. The molecule has 2 aromatic carbocycles. The van der Waals surface area contributed by atoms with Crippen LogP contribution >= 0.6 is 0 Å².